The van der Waals surface area contributed by atoms with Gasteiger partial charge in [-0.15, -0.1) is 0 Å². The lowest BCUT2D eigenvalue weighted by Gasteiger charge is -2.13. The lowest BCUT2D eigenvalue weighted by atomic mass is 10.2. The summed E-state index contributed by atoms with van der Waals surface area (Å²) in [7, 11) is 0. The average Bonchev–Trinajstić information content (AvgIpc) is 2.75. The van der Waals surface area contributed by atoms with Crippen LogP contribution in [0.15, 0.2) is 0 Å². The molecule has 20 heavy (non-hydrogen) atoms. The van der Waals surface area contributed by atoms with Crippen LogP contribution in [0.25, 0.3) is 0 Å². The maximum absolute atomic E-state index is 13.8. The summed E-state index contributed by atoms with van der Waals surface area (Å²) in [4.78, 5) is 28.1. The van der Waals surface area contributed by atoms with Crippen LogP contribution in [-0.2, 0) is 11.3 Å². The second kappa shape index (κ2) is 5.93. The normalized spacial score (nSPS) is 13.6. The third-order valence-electron chi connectivity index (χ3n) is 2.87. The maximum Gasteiger partial charge on any atom is 0.417 e. The molecule has 0 aromatic carbocycles. The van der Waals surface area contributed by atoms with Crippen molar-refractivity contribution in [1.82, 2.24) is 9.88 Å². The minimum Gasteiger partial charge on any atom is -0.449 e. The number of amides is 2. The Morgan fingerprint density at radius 1 is 1.45 bits per heavy atom. The summed E-state index contributed by atoms with van der Waals surface area (Å²) in [6.45, 7) is 1.88. The van der Waals surface area contributed by atoms with Crippen molar-refractivity contribution in [1.29, 1.82) is 0 Å². The van der Waals surface area contributed by atoms with E-state index in [4.69, 9.17) is 27.9 Å². The van der Waals surface area contributed by atoms with Gasteiger partial charge in [0.2, 0.25) is 0 Å². The monoisotopic (exact) mass is 320 g/mol. The highest BCUT2D eigenvalue weighted by Gasteiger charge is 2.38. The molecule has 1 aromatic rings. The smallest absolute Gasteiger partial charge is 0.417 e. The van der Waals surface area contributed by atoms with E-state index in [9.17, 15) is 14.0 Å². The van der Waals surface area contributed by atoms with Gasteiger partial charge in [-0.05, 0) is 6.42 Å². The lowest BCUT2D eigenvalue weighted by molar-refractivity contribution is 0.0678. The van der Waals surface area contributed by atoms with Crippen LogP contribution in [0.5, 0.6) is 0 Å². The van der Waals surface area contributed by atoms with Crippen molar-refractivity contribution in [2.24, 2.45) is 0 Å². The minimum absolute atomic E-state index is 0.0348. The molecule has 0 unspecified atom stereocenters. The first-order valence-electron chi connectivity index (χ1n) is 5.99. The van der Waals surface area contributed by atoms with E-state index in [1.165, 1.54) is 0 Å². The Morgan fingerprint density at radius 2 is 2.15 bits per heavy atom. The lowest BCUT2D eigenvalue weighted by Crippen LogP contribution is -2.32. The Hall–Kier alpha value is -1.40. The van der Waals surface area contributed by atoms with Crippen LogP contribution in [0, 0.1) is 5.82 Å². The fraction of sp³-hybridized carbons (Fsp3) is 0.417. The van der Waals surface area contributed by atoms with E-state index in [1.807, 2.05) is 6.92 Å². The number of carbonyl (C=O) groups is 2. The topological polar surface area (TPSA) is 59.5 Å². The molecule has 2 heterocycles. The fourth-order valence-electron chi connectivity index (χ4n) is 1.81. The molecule has 5 nitrogen and oxygen atoms in total. The van der Waals surface area contributed by atoms with Gasteiger partial charge in [-0.2, -0.15) is 0 Å². The number of ether oxygens (including phenoxy) is 1. The molecule has 0 fully saturated rings. The summed E-state index contributed by atoms with van der Waals surface area (Å²) in [5, 5.41) is -0.650. The number of unbranched alkanes of at least 4 members (excludes halogenated alkanes) is 1. The number of fused-ring (bicyclic) bond motifs is 1. The molecule has 108 valence electrons. The maximum atomic E-state index is 13.8. The van der Waals surface area contributed by atoms with Crippen molar-refractivity contribution in [2.45, 2.75) is 26.3 Å². The van der Waals surface area contributed by atoms with Crippen LogP contribution in [0.4, 0.5) is 9.18 Å². The fourth-order valence-corrected chi connectivity index (χ4v) is 2.33. The van der Waals surface area contributed by atoms with Crippen LogP contribution in [0.2, 0.25) is 10.3 Å². The zero-order chi connectivity index (χ0) is 14.9. The van der Waals surface area contributed by atoms with Gasteiger partial charge < -0.3 is 4.74 Å². The van der Waals surface area contributed by atoms with Crippen LogP contribution in [-0.4, -0.2) is 28.5 Å². The van der Waals surface area contributed by atoms with E-state index in [0.29, 0.717) is 6.42 Å². The Kier molecular flexibility index (Phi) is 4.45. The molecule has 0 saturated heterocycles. The number of hydrogen-bond donors (Lipinski definition) is 0. The molecule has 0 spiro atoms. The molecular formula is C12H11Cl2FN2O3. The third kappa shape index (κ3) is 2.58. The first-order chi connectivity index (χ1) is 9.47. The molecule has 1 aliphatic heterocycles. The highest BCUT2D eigenvalue weighted by Crippen LogP contribution is 2.33. The van der Waals surface area contributed by atoms with E-state index in [2.05, 4.69) is 4.98 Å². The number of halogens is 3. The first kappa shape index (κ1) is 15.0. The predicted molar refractivity (Wildman–Crippen MR) is 70.3 cm³/mol. The van der Waals surface area contributed by atoms with Crippen molar-refractivity contribution >= 4 is 35.2 Å². The first-order valence-corrected chi connectivity index (χ1v) is 6.75. The number of carbonyl (C=O) groups excluding carboxylic acids is 2. The number of rotatable bonds is 3. The van der Waals surface area contributed by atoms with Gasteiger partial charge in [0.25, 0.3) is 5.91 Å². The van der Waals surface area contributed by atoms with E-state index < -0.39 is 23.0 Å². The van der Waals surface area contributed by atoms with Crippen LogP contribution >= 0.6 is 23.2 Å². The van der Waals surface area contributed by atoms with Gasteiger partial charge >= 0.3 is 6.09 Å². The highest BCUT2D eigenvalue weighted by molar-refractivity contribution is 6.35. The predicted octanol–water partition coefficient (Wildman–Crippen LogP) is 3.42. The number of pyridine rings is 1. The van der Waals surface area contributed by atoms with Gasteiger partial charge in [-0.25, -0.2) is 19.1 Å². The molecule has 0 N–H and O–H groups in total. The van der Waals surface area contributed by atoms with E-state index >= 15 is 0 Å². The molecule has 0 radical (unpaired) electrons. The Bertz CT molecular complexity index is 580. The molecule has 1 aromatic heterocycles. The molecule has 8 heteroatoms. The van der Waals surface area contributed by atoms with Crippen LogP contribution in [0.1, 0.15) is 35.7 Å². The van der Waals surface area contributed by atoms with Gasteiger partial charge in [0.05, 0.1) is 18.7 Å². The summed E-state index contributed by atoms with van der Waals surface area (Å²) in [5.41, 5.74) is -0.173. The van der Waals surface area contributed by atoms with E-state index in [0.717, 1.165) is 11.3 Å². The van der Waals surface area contributed by atoms with Crippen molar-refractivity contribution in [3.8, 4) is 0 Å². The number of imide groups is 1. The van der Waals surface area contributed by atoms with E-state index in [1.54, 1.807) is 0 Å². The molecular weight excluding hydrogens is 310 g/mol. The molecule has 1 aliphatic rings. The van der Waals surface area contributed by atoms with Crippen molar-refractivity contribution in [2.75, 3.05) is 6.61 Å². The minimum atomic E-state index is -0.844. The molecule has 0 atom stereocenters. The third-order valence-corrected chi connectivity index (χ3v) is 3.39. The molecule has 0 saturated carbocycles. The van der Waals surface area contributed by atoms with E-state index in [-0.39, 0.29) is 29.4 Å². The Morgan fingerprint density at radius 3 is 2.80 bits per heavy atom. The number of nitrogens with zero attached hydrogens (tertiary/aromatic N) is 2. The standard InChI is InChI=1S/C12H11Cl2FN2O3/c1-2-3-4-20-12(19)17-5-6-7(11(17)18)9(13)16-10(14)8(6)15/h2-5H2,1H3. The Labute approximate surface area is 124 Å². The van der Waals surface area contributed by atoms with Crippen LogP contribution < -0.4 is 0 Å². The summed E-state index contributed by atoms with van der Waals surface area (Å²) < 4.78 is 18.7. The summed E-state index contributed by atoms with van der Waals surface area (Å²) in [6.07, 6.45) is 0.705. The van der Waals surface area contributed by atoms with Crippen molar-refractivity contribution < 1.29 is 18.7 Å². The summed E-state index contributed by atoms with van der Waals surface area (Å²) in [6, 6.07) is 0. The van der Waals surface area contributed by atoms with Crippen LogP contribution in [0.3, 0.4) is 0 Å². The average molecular weight is 321 g/mol. The number of aromatic nitrogens is 1. The van der Waals surface area contributed by atoms with Crippen molar-refractivity contribution in [3.63, 3.8) is 0 Å². The zero-order valence-electron chi connectivity index (χ0n) is 10.6. The molecule has 0 bridgehead atoms. The largest absolute Gasteiger partial charge is 0.449 e. The van der Waals surface area contributed by atoms with Gasteiger partial charge in [-0.1, -0.05) is 36.5 Å². The number of hydrogen-bond acceptors (Lipinski definition) is 4. The Balaban J connectivity index is 2.23. The van der Waals surface area contributed by atoms with Crippen molar-refractivity contribution in [3.05, 3.63) is 27.3 Å². The van der Waals surface area contributed by atoms with Gasteiger partial charge in [0.15, 0.2) is 11.0 Å². The molecule has 2 amide bonds. The van der Waals surface area contributed by atoms with Gasteiger partial charge in [0, 0.05) is 5.56 Å². The second-order valence-electron chi connectivity index (χ2n) is 4.22. The van der Waals surface area contributed by atoms with Gasteiger partial charge in [-0.3, -0.25) is 4.79 Å². The molecule has 0 aliphatic carbocycles. The quantitative estimate of drug-likeness (QED) is 0.632. The second-order valence-corrected chi connectivity index (χ2v) is 4.94. The SMILES string of the molecule is CCCCOC(=O)N1Cc2c(F)c(Cl)nc(Cl)c2C1=O. The highest BCUT2D eigenvalue weighted by atomic mass is 35.5. The van der Waals surface area contributed by atoms with Gasteiger partial charge in [0.1, 0.15) is 5.15 Å². The summed E-state index contributed by atoms with van der Waals surface area (Å²) >= 11 is 11.3. The molecule has 2 rings (SSSR count). The summed E-state index contributed by atoms with van der Waals surface area (Å²) in [5.74, 6) is -1.57. The zero-order valence-corrected chi connectivity index (χ0v) is 12.1.